The lowest BCUT2D eigenvalue weighted by atomic mass is 10.1. The molecule has 0 saturated heterocycles. The van der Waals surface area contributed by atoms with Gasteiger partial charge in [-0.15, -0.1) is 6.42 Å². The van der Waals surface area contributed by atoms with Gasteiger partial charge in [0.05, 0.1) is 10.4 Å². The molecule has 0 heterocycles. The van der Waals surface area contributed by atoms with Gasteiger partial charge in [0.15, 0.2) is 0 Å². The Kier molecular flexibility index (Phi) is 3.41. The highest BCUT2D eigenvalue weighted by Gasteiger charge is 2.32. The van der Waals surface area contributed by atoms with E-state index in [1.165, 1.54) is 11.4 Å². The minimum absolute atomic E-state index is 0.251. The van der Waals surface area contributed by atoms with Crippen molar-refractivity contribution in [3.05, 3.63) is 30.3 Å². The Morgan fingerprint density at radius 3 is 2.19 bits per heavy atom. The van der Waals surface area contributed by atoms with E-state index in [1.807, 2.05) is 0 Å². The van der Waals surface area contributed by atoms with E-state index < -0.39 is 15.6 Å². The molecular weight excluding hydrogens is 222 g/mol. The van der Waals surface area contributed by atoms with Gasteiger partial charge in [-0.3, -0.25) is 0 Å². The molecule has 0 aromatic heterocycles. The Labute approximate surface area is 97.1 Å². The van der Waals surface area contributed by atoms with Crippen molar-refractivity contribution in [2.75, 3.05) is 7.05 Å². The molecular formula is C12H15NO2S. The molecule has 0 aliphatic heterocycles. The van der Waals surface area contributed by atoms with E-state index in [0.717, 1.165) is 0 Å². The predicted octanol–water partition coefficient (Wildman–Crippen LogP) is 1.72. The highest BCUT2D eigenvalue weighted by molar-refractivity contribution is 7.89. The third kappa shape index (κ3) is 2.26. The van der Waals surface area contributed by atoms with Gasteiger partial charge in [0.2, 0.25) is 10.0 Å². The van der Waals surface area contributed by atoms with Crippen molar-refractivity contribution >= 4 is 10.0 Å². The summed E-state index contributed by atoms with van der Waals surface area (Å²) >= 11 is 0. The van der Waals surface area contributed by atoms with Crippen LogP contribution in [-0.2, 0) is 10.0 Å². The van der Waals surface area contributed by atoms with Crippen LogP contribution in [0.2, 0.25) is 0 Å². The number of benzene rings is 1. The van der Waals surface area contributed by atoms with Gasteiger partial charge < -0.3 is 0 Å². The molecule has 3 nitrogen and oxygen atoms in total. The molecule has 0 aliphatic carbocycles. The molecule has 0 saturated carbocycles. The zero-order valence-corrected chi connectivity index (χ0v) is 10.5. The summed E-state index contributed by atoms with van der Waals surface area (Å²) in [5.74, 6) is 2.46. The smallest absolute Gasteiger partial charge is 0.207 e. The summed E-state index contributed by atoms with van der Waals surface area (Å²) in [6.07, 6.45) is 5.33. The van der Waals surface area contributed by atoms with Gasteiger partial charge in [0, 0.05) is 7.05 Å². The minimum atomic E-state index is -3.52. The van der Waals surface area contributed by atoms with Gasteiger partial charge in [-0.05, 0) is 26.0 Å². The maximum absolute atomic E-state index is 12.2. The van der Waals surface area contributed by atoms with Gasteiger partial charge in [0.1, 0.15) is 0 Å². The molecule has 0 fully saturated rings. The highest BCUT2D eigenvalue weighted by atomic mass is 32.2. The molecule has 0 N–H and O–H groups in total. The van der Waals surface area contributed by atoms with Crippen LogP contribution in [0.5, 0.6) is 0 Å². The lowest BCUT2D eigenvalue weighted by Crippen LogP contribution is -2.43. The van der Waals surface area contributed by atoms with E-state index in [-0.39, 0.29) is 4.90 Å². The Balaban J connectivity index is 3.21. The van der Waals surface area contributed by atoms with E-state index in [4.69, 9.17) is 6.42 Å². The molecule has 86 valence electrons. The first-order valence-corrected chi connectivity index (χ1v) is 6.28. The fraction of sp³-hybridized carbons (Fsp3) is 0.333. The molecule has 0 spiro atoms. The van der Waals surface area contributed by atoms with Crippen molar-refractivity contribution in [3.63, 3.8) is 0 Å². The average molecular weight is 237 g/mol. The molecule has 0 radical (unpaired) electrons. The molecule has 0 bridgehead atoms. The van der Waals surface area contributed by atoms with Crippen LogP contribution in [0.3, 0.4) is 0 Å². The van der Waals surface area contributed by atoms with Crippen LogP contribution in [0.1, 0.15) is 13.8 Å². The molecule has 1 rings (SSSR count). The van der Waals surface area contributed by atoms with Gasteiger partial charge in [-0.1, -0.05) is 24.1 Å². The van der Waals surface area contributed by atoms with Crippen LogP contribution < -0.4 is 0 Å². The SMILES string of the molecule is C#CC(C)(C)N(C)S(=O)(=O)c1ccccc1. The average Bonchev–Trinajstić information content (AvgIpc) is 2.29. The summed E-state index contributed by atoms with van der Waals surface area (Å²) in [4.78, 5) is 0.251. The third-order valence-corrected chi connectivity index (χ3v) is 4.59. The fourth-order valence-corrected chi connectivity index (χ4v) is 2.61. The maximum atomic E-state index is 12.2. The van der Waals surface area contributed by atoms with Crippen molar-refractivity contribution in [3.8, 4) is 12.3 Å². The van der Waals surface area contributed by atoms with Gasteiger partial charge in [-0.25, -0.2) is 8.42 Å². The van der Waals surface area contributed by atoms with Gasteiger partial charge in [-0.2, -0.15) is 4.31 Å². The largest absolute Gasteiger partial charge is 0.244 e. The predicted molar refractivity (Wildman–Crippen MR) is 64.3 cm³/mol. The summed E-state index contributed by atoms with van der Waals surface area (Å²) < 4.78 is 25.5. The van der Waals surface area contributed by atoms with Crippen LogP contribution in [-0.4, -0.2) is 25.3 Å². The summed E-state index contributed by atoms with van der Waals surface area (Å²) in [6.45, 7) is 3.38. The second-order valence-electron chi connectivity index (χ2n) is 3.99. The molecule has 0 aliphatic rings. The number of rotatable bonds is 3. The Bertz CT molecular complexity index is 498. The summed E-state index contributed by atoms with van der Waals surface area (Å²) in [5, 5.41) is 0. The van der Waals surface area contributed by atoms with E-state index in [2.05, 4.69) is 5.92 Å². The van der Waals surface area contributed by atoms with Crippen molar-refractivity contribution in [1.82, 2.24) is 4.31 Å². The number of terminal acetylenes is 1. The highest BCUT2D eigenvalue weighted by Crippen LogP contribution is 2.21. The van der Waals surface area contributed by atoms with Crippen molar-refractivity contribution in [2.45, 2.75) is 24.3 Å². The quantitative estimate of drug-likeness (QED) is 0.751. The topological polar surface area (TPSA) is 37.4 Å². The lowest BCUT2D eigenvalue weighted by Gasteiger charge is -2.29. The molecule has 0 atom stereocenters. The summed E-state index contributed by atoms with van der Waals surface area (Å²) in [5.41, 5.74) is -0.839. The first-order valence-electron chi connectivity index (χ1n) is 4.84. The lowest BCUT2D eigenvalue weighted by molar-refractivity contribution is 0.340. The maximum Gasteiger partial charge on any atom is 0.244 e. The van der Waals surface area contributed by atoms with Crippen LogP contribution >= 0.6 is 0 Å². The Hall–Kier alpha value is -1.31. The zero-order chi connectivity index (χ0) is 12.4. The second-order valence-corrected chi connectivity index (χ2v) is 5.96. The standard InChI is InChI=1S/C12H15NO2S/c1-5-12(2,3)13(4)16(14,15)11-9-7-6-8-10-11/h1,6-10H,2-4H3. The molecule has 1 aromatic carbocycles. The normalized spacial score (nSPS) is 12.4. The van der Waals surface area contributed by atoms with E-state index in [0.29, 0.717) is 0 Å². The number of hydrogen-bond donors (Lipinski definition) is 0. The Morgan fingerprint density at radius 2 is 1.75 bits per heavy atom. The minimum Gasteiger partial charge on any atom is -0.207 e. The third-order valence-electron chi connectivity index (χ3n) is 2.54. The van der Waals surface area contributed by atoms with Crippen LogP contribution in [0.4, 0.5) is 0 Å². The first-order chi connectivity index (χ1) is 7.32. The number of nitrogens with zero attached hydrogens (tertiary/aromatic N) is 1. The number of sulfonamides is 1. The molecule has 1 aromatic rings. The molecule has 0 unspecified atom stereocenters. The summed E-state index contributed by atoms with van der Waals surface area (Å²) in [6, 6.07) is 8.25. The molecule has 0 amide bonds. The van der Waals surface area contributed by atoms with E-state index in [9.17, 15) is 8.42 Å². The first kappa shape index (κ1) is 12.8. The van der Waals surface area contributed by atoms with E-state index in [1.54, 1.807) is 44.2 Å². The monoisotopic (exact) mass is 237 g/mol. The molecule has 16 heavy (non-hydrogen) atoms. The van der Waals surface area contributed by atoms with Gasteiger partial charge >= 0.3 is 0 Å². The van der Waals surface area contributed by atoms with Crippen LogP contribution in [0, 0.1) is 12.3 Å². The fourth-order valence-electron chi connectivity index (χ4n) is 1.14. The van der Waals surface area contributed by atoms with Gasteiger partial charge in [0.25, 0.3) is 0 Å². The number of hydrogen-bond acceptors (Lipinski definition) is 2. The van der Waals surface area contributed by atoms with Crippen molar-refractivity contribution < 1.29 is 8.42 Å². The van der Waals surface area contributed by atoms with E-state index >= 15 is 0 Å². The second kappa shape index (κ2) is 4.28. The van der Waals surface area contributed by atoms with Crippen LogP contribution in [0.25, 0.3) is 0 Å². The molecule has 4 heteroatoms. The summed E-state index contributed by atoms with van der Waals surface area (Å²) in [7, 11) is -2.03. The zero-order valence-electron chi connectivity index (χ0n) is 9.64. The van der Waals surface area contributed by atoms with Crippen molar-refractivity contribution in [2.24, 2.45) is 0 Å². The van der Waals surface area contributed by atoms with Crippen molar-refractivity contribution in [1.29, 1.82) is 0 Å². The van der Waals surface area contributed by atoms with Crippen LogP contribution in [0.15, 0.2) is 35.2 Å². The Morgan fingerprint density at radius 1 is 1.25 bits per heavy atom.